The maximum absolute atomic E-state index is 12.3. The minimum absolute atomic E-state index is 0.0949. The molecule has 0 N–H and O–H groups in total. The van der Waals surface area contributed by atoms with Crippen molar-refractivity contribution in [3.05, 3.63) is 0 Å². The lowest BCUT2D eigenvalue weighted by molar-refractivity contribution is -0.146. The number of Topliss-reactive ketones (excluding diaryl/α,β-unsaturated/α-hetero) is 1. The second kappa shape index (κ2) is 3.62. The van der Waals surface area contributed by atoms with Crippen molar-refractivity contribution in [2.75, 3.05) is 13.1 Å². The smallest absolute Gasteiger partial charge is 0.236 e. The highest BCUT2D eigenvalue weighted by atomic mass is 16.2. The Kier molecular flexibility index (Phi) is 2.57. The Morgan fingerprint density at radius 2 is 1.87 bits per heavy atom. The Labute approximate surface area is 90.8 Å². The lowest BCUT2D eigenvalue weighted by Crippen LogP contribution is -2.45. The molecule has 2 aliphatic rings. The third-order valence-electron chi connectivity index (χ3n) is 4.14. The molecule has 0 atom stereocenters. The van der Waals surface area contributed by atoms with E-state index in [0.29, 0.717) is 0 Å². The van der Waals surface area contributed by atoms with Gasteiger partial charge in [0, 0.05) is 19.0 Å². The molecule has 2 fully saturated rings. The number of hydrogen-bond donors (Lipinski definition) is 0. The third-order valence-corrected chi connectivity index (χ3v) is 4.14. The maximum atomic E-state index is 12.3. The van der Waals surface area contributed by atoms with Gasteiger partial charge in [0.05, 0.1) is 0 Å². The first-order chi connectivity index (χ1) is 7.15. The van der Waals surface area contributed by atoms with Crippen LogP contribution in [0.25, 0.3) is 0 Å². The summed E-state index contributed by atoms with van der Waals surface area (Å²) in [4.78, 5) is 26.1. The second-order valence-corrected chi connectivity index (χ2v) is 4.70. The molecule has 0 aromatic heterocycles. The van der Waals surface area contributed by atoms with Gasteiger partial charge in [-0.2, -0.15) is 0 Å². The van der Waals surface area contributed by atoms with Crippen molar-refractivity contribution >= 4 is 11.7 Å². The van der Waals surface area contributed by atoms with Crippen LogP contribution in [0.5, 0.6) is 0 Å². The SMILES string of the molecule is CCN(CC)C(=O)C12CCC(CC1)C2=O. The van der Waals surface area contributed by atoms with Crippen LogP contribution in [0.4, 0.5) is 0 Å². The van der Waals surface area contributed by atoms with E-state index >= 15 is 0 Å². The Bertz CT molecular complexity index is 286. The van der Waals surface area contributed by atoms with Gasteiger partial charge < -0.3 is 4.90 Å². The van der Waals surface area contributed by atoms with Crippen molar-refractivity contribution < 1.29 is 9.59 Å². The van der Waals surface area contributed by atoms with Gasteiger partial charge in [0.15, 0.2) is 5.78 Å². The average Bonchev–Trinajstić information content (AvgIpc) is 2.75. The zero-order chi connectivity index (χ0) is 11.1. The quantitative estimate of drug-likeness (QED) is 0.662. The van der Waals surface area contributed by atoms with Gasteiger partial charge in [-0.25, -0.2) is 0 Å². The molecule has 0 radical (unpaired) electrons. The molecule has 0 aliphatic heterocycles. The van der Waals surface area contributed by atoms with E-state index < -0.39 is 5.41 Å². The Balaban J connectivity index is 2.22. The van der Waals surface area contributed by atoms with E-state index in [1.54, 1.807) is 0 Å². The lowest BCUT2D eigenvalue weighted by atomic mass is 9.82. The number of nitrogens with zero attached hydrogens (tertiary/aromatic N) is 1. The van der Waals surface area contributed by atoms with Crippen LogP contribution in [0.2, 0.25) is 0 Å². The van der Waals surface area contributed by atoms with Gasteiger partial charge in [-0.3, -0.25) is 9.59 Å². The summed E-state index contributed by atoms with van der Waals surface area (Å²) in [5, 5.41) is 0. The molecule has 0 aromatic carbocycles. The van der Waals surface area contributed by atoms with E-state index in [1.165, 1.54) is 0 Å². The Morgan fingerprint density at radius 1 is 1.33 bits per heavy atom. The first-order valence-corrected chi connectivity index (χ1v) is 5.99. The molecule has 84 valence electrons. The number of ketones is 1. The van der Waals surface area contributed by atoms with Crippen LogP contribution < -0.4 is 0 Å². The van der Waals surface area contributed by atoms with Crippen LogP contribution in [-0.2, 0) is 9.59 Å². The summed E-state index contributed by atoms with van der Waals surface area (Å²) in [6.45, 7) is 5.39. The second-order valence-electron chi connectivity index (χ2n) is 4.70. The highest BCUT2D eigenvalue weighted by Gasteiger charge is 2.58. The van der Waals surface area contributed by atoms with Crippen molar-refractivity contribution in [1.82, 2.24) is 4.90 Å². The van der Waals surface area contributed by atoms with Crippen molar-refractivity contribution in [2.45, 2.75) is 39.5 Å². The molecule has 0 aromatic rings. The summed E-state index contributed by atoms with van der Waals surface area (Å²) >= 11 is 0. The van der Waals surface area contributed by atoms with Crippen LogP contribution in [0, 0.1) is 11.3 Å². The summed E-state index contributed by atoms with van der Waals surface area (Å²) < 4.78 is 0. The molecule has 15 heavy (non-hydrogen) atoms. The number of fused-ring (bicyclic) bond motifs is 2. The number of amides is 1. The fourth-order valence-electron chi connectivity index (χ4n) is 3.14. The van der Waals surface area contributed by atoms with Crippen molar-refractivity contribution in [1.29, 1.82) is 0 Å². The summed E-state index contributed by atoms with van der Waals surface area (Å²) in [6.07, 6.45) is 3.47. The van der Waals surface area contributed by atoms with E-state index in [4.69, 9.17) is 0 Å². The van der Waals surface area contributed by atoms with Crippen LogP contribution in [0.15, 0.2) is 0 Å². The van der Waals surface area contributed by atoms with Crippen molar-refractivity contribution in [3.63, 3.8) is 0 Å². The van der Waals surface area contributed by atoms with Gasteiger partial charge in [-0.1, -0.05) is 0 Å². The average molecular weight is 209 g/mol. The monoisotopic (exact) mass is 209 g/mol. The minimum atomic E-state index is -0.601. The largest absolute Gasteiger partial charge is 0.342 e. The molecule has 0 heterocycles. The van der Waals surface area contributed by atoms with Crippen LogP contribution in [0.1, 0.15) is 39.5 Å². The summed E-state index contributed by atoms with van der Waals surface area (Å²) in [5.41, 5.74) is -0.601. The number of carbonyl (C=O) groups excluding carboxylic acids is 2. The van der Waals surface area contributed by atoms with Crippen molar-refractivity contribution in [3.8, 4) is 0 Å². The third kappa shape index (κ3) is 1.32. The molecule has 1 amide bonds. The molecule has 0 unspecified atom stereocenters. The van der Waals surface area contributed by atoms with E-state index in [2.05, 4.69) is 0 Å². The van der Waals surface area contributed by atoms with Gasteiger partial charge >= 0.3 is 0 Å². The lowest BCUT2D eigenvalue weighted by Gasteiger charge is -2.30. The fourth-order valence-corrected chi connectivity index (χ4v) is 3.14. The molecular weight excluding hydrogens is 190 g/mol. The first-order valence-electron chi connectivity index (χ1n) is 5.99. The van der Waals surface area contributed by atoms with E-state index in [1.807, 2.05) is 18.7 Å². The normalized spacial score (nSPS) is 33.5. The van der Waals surface area contributed by atoms with Crippen LogP contribution in [-0.4, -0.2) is 29.7 Å². The molecule has 0 saturated heterocycles. The molecular formula is C12H19NO2. The van der Waals surface area contributed by atoms with Gasteiger partial charge in [0.2, 0.25) is 5.91 Å². The van der Waals surface area contributed by atoms with Crippen LogP contribution in [0.3, 0.4) is 0 Å². The topological polar surface area (TPSA) is 37.4 Å². The van der Waals surface area contributed by atoms with Gasteiger partial charge in [-0.05, 0) is 39.5 Å². The predicted molar refractivity (Wildman–Crippen MR) is 57.3 cm³/mol. The highest BCUT2D eigenvalue weighted by Crippen LogP contribution is 2.52. The number of rotatable bonds is 3. The summed E-state index contributed by atoms with van der Waals surface area (Å²) in [6, 6.07) is 0. The first kappa shape index (κ1) is 10.7. The zero-order valence-corrected chi connectivity index (χ0v) is 9.58. The van der Waals surface area contributed by atoms with Gasteiger partial charge in [-0.15, -0.1) is 0 Å². The van der Waals surface area contributed by atoms with E-state index in [9.17, 15) is 9.59 Å². The Morgan fingerprint density at radius 3 is 2.20 bits per heavy atom. The molecule has 0 spiro atoms. The predicted octanol–water partition coefficient (Wildman–Crippen LogP) is 1.61. The highest BCUT2D eigenvalue weighted by molar-refractivity contribution is 6.09. The molecule has 2 rings (SSSR count). The van der Waals surface area contributed by atoms with Gasteiger partial charge in [0.25, 0.3) is 0 Å². The Hall–Kier alpha value is -0.860. The molecule has 3 heteroatoms. The number of hydrogen-bond acceptors (Lipinski definition) is 2. The summed E-state index contributed by atoms with van der Waals surface area (Å²) in [5.74, 6) is 0.529. The minimum Gasteiger partial charge on any atom is -0.342 e. The molecule has 2 aliphatic carbocycles. The van der Waals surface area contributed by atoms with E-state index in [-0.39, 0.29) is 17.6 Å². The summed E-state index contributed by atoms with van der Waals surface area (Å²) in [7, 11) is 0. The van der Waals surface area contributed by atoms with Gasteiger partial charge in [0.1, 0.15) is 5.41 Å². The van der Waals surface area contributed by atoms with E-state index in [0.717, 1.165) is 38.8 Å². The molecule has 2 bridgehead atoms. The zero-order valence-electron chi connectivity index (χ0n) is 9.58. The molecule has 3 nitrogen and oxygen atoms in total. The van der Waals surface area contributed by atoms with Crippen molar-refractivity contribution in [2.24, 2.45) is 11.3 Å². The number of carbonyl (C=O) groups is 2. The van der Waals surface area contributed by atoms with Crippen LogP contribution >= 0.6 is 0 Å². The fraction of sp³-hybridized carbons (Fsp3) is 0.833. The standard InChI is InChI=1S/C12H19NO2/c1-3-13(4-2)11(15)12-7-5-9(6-8-12)10(12)14/h9H,3-8H2,1-2H3. The maximum Gasteiger partial charge on any atom is 0.236 e. The molecule has 2 saturated carbocycles.